The summed E-state index contributed by atoms with van der Waals surface area (Å²) in [6, 6.07) is 9.54. The first kappa shape index (κ1) is 15.3. The van der Waals surface area contributed by atoms with Crippen molar-refractivity contribution in [3.63, 3.8) is 0 Å². The van der Waals surface area contributed by atoms with E-state index in [1.807, 2.05) is 44.2 Å². The molecule has 5 nitrogen and oxygen atoms in total. The molecule has 2 N–H and O–H groups in total. The first-order valence-electron chi connectivity index (χ1n) is 7.08. The molecule has 3 heterocycles. The highest BCUT2D eigenvalue weighted by atomic mass is 32.2. The van der Waals surface area contributed by atoms with Gasteiger partial charge in [-0.2, -0.15) is 0 Å². The van der Waals surface area contributed by atoms with Crippen LogP contribution in [0, 0.1) is 13.8 Å². The number of ether oxygens (including phenoxy) is 1. The van der Waals surface area contributed by atoms with E-state index < -0.39 is 0 Å². The lowest BCUT2D eigenvalue weighted by Gasteiger charge is -2.13. The van der Waals surface area contributed by atoms with Gasteiger partial charge in [-0.3, -0.25) is 4.98 Å². The van der Waals surface area contributed by atoms with Crippen LogP contribution in [0.1, 0.15) is 11.3 Å². The molecule has 0 spiro atoms. The van der Waals surface area contributed by atoms with Crippen LogP contribution in [0.2, 0.25) is 0 Å². The minimum Gasteiger partial charge on any atom is -0.451 e. The van der Waals surface area contributed by atoms with Crippen molar-refractivity contribution in [1.29, 1.82) is 0 Å². The Morgan fingerprint density at radius 1 is 1.04 bits per heavy atom. The predicted octanol–water partition coefficient (Wildman–Crippen LogP) is 4.01. The second-order valence-electron chi connectivity index (χ2n) is 4.97. The Kier molecular flexibility index (Phi) is 4.43. The SMILES string of the molecule is Cc1ccnc(C)c1Oc1cc(Sc2ccccn2)cnc1N. The molecule has 0 saturated carbocycles. The average Bonchev–Trinajstić information content (AvgIpc) is 2.55. The number of anilines is 1. The van der Waals surface area contributed by atoms with Gasteiger partial charge in [0.25, 0.3) is 0 Å². The van der Waals surface area contributed by atoms with E-state index in [0.717, 1.165) is 21.2 Å². The fraction of sp³-hybridized carbons (Fsp3) is 0.118. The Labute approximate surface area is 139 Å². The monoisotopic (exact) mass is 324 g/mol. The Bertz CT molecular complexity index is 804. The molecule has 0 aliphatic carbocycles. The van der Waals surface area contributed by atoms with Gasteiger partial charge in [-0.1, -0.05) is 17.8 Å². The van der Waals surface area contributed by atoms with Crippen molar-refractivity contribution in [3.8, 4) is 11.5 Å². The standard InChI is InChI=1S/C17H16N4OS/c1-11-6-8-19-12(2)16(11)22-14-9-13(10-21-17(14)18)23-15-5-3-4-7-20-15/h3-10H,1-2H3,(H2,18,21). The van der Waals surface area contributed by atoms with Crippen LogP contribution in [0.4, 0.5) is 5.82 Å². The molecular formula is C17H16N4OS. The van der Waals surface area contributed by atoms with Gasteiger partial charge in [0.2, 0.25) is 0 Å². The topological polar surface area (TPSA) is 73.9 Å². The van der Waals surface area contributed by atoms with E-state index in [4.69, 9.17) is 10.5 Å². The molecule has 6 heteroatoms. The molecular weight excluding hydrogens is 308 g/mol. The van der Waals surface area contributed by atoms with E-state index in [1.165, 1.54) is 11.8 Å². The highest BCUT2D eigenvalue weighted by Gasteiger charge is 2.11. The van der Waals surface area contributed by atoms with Crippen molar-refractivity contribution in [2.45, 2.75) is 23.8 Å². The number of nitrogens with two attached hydrogens (primary N) is 1. The van der Waals surface area contributed by atoms with Crippen molar-refractivity contribution in [3.05, 3.63) is 60.2 Å². The molecule has 116 valence electrons. The van der Waals surface area contributed by atoms with E-state index in [0.29, 0.717) is 17.3 Å². The summed E-state index contributed by atoms with van der Waals surface area (Å²) in [5.74, 6) is 1.57. The molecule has 0 unspecified atom stereocenters. The van der Waals surface area contributed by atoms with E-state index in [1.54, 1.807) is 18.6 Å². The number of hydrogen-bond acceptors (Lipinski definition) is 6. The van der Waals surface area contributed by atoms with Gasteiger partial charge in [0.1, 0.15) is 5.03 Å². The van der Waals surface area contributed by atoms with Crippen LogP contribution in [0.25, 0.3) is 0 Å². The van der Waals surface area contributed by atoms with Crippen LogP contribution < -0.4 is 10.5 Å². The highest BCUT2D eigenvalue weighted by molar-refractivity contribution is 7.99. The van der Waals surface area contributed by atoms with Crippen molar-refractivity contribution < 1.29 is 4.74 Å². The van der Waals surface area contributed by atoms with Crippen molar-refractivity contribution in [2.75, 3.05) is 5.73 Å². The summed E-state index contributed by atoms with van der Waals surface area (Å²) in [4.78, 5) is 13.7. The number of rotatable bonds is 4. The molecule has 0 atom stereocenters. The summed E-state index contributed by atoms with van der Waals surface area (Å²) in [5, 5.41) is 0.888. The largest absolute Gasteiger partial charge is 0.451 e. The molecule has 0 radical (unpaired) electrons. The smallest absolute Gasteiger partial charge is 0.170 e. The number of aromatic nitrogens is 3. The van der Waals surface area contributed by atoms with Gasteiger partial charge in [-0.25, -0.2) is 9.97 Å². The number of hydrogen-bond donors (Lipinski definition) is 1. The van der Waals surface area contributed by atoms with E-state index in [-0.39, 0.29) is 0 Å². The molecule has 23 heavy (non-hydrogen) atoms. The highest BCUT2D eigenvalue weighted by Crippen LogP contribution is 2.34. The van der Waals surface area contributed by atoms with Crippen LogP contribution in [0.15, 0.2) is 58.8 Å². The zero-order chi connectivity index (χ0) is 16.2. The lowest BCUT2D eigenvalue weighted by Crippen LogP contribution is -1.99. The molecule has 3 aromatic rings. The molecule has 0 aromatic carbocycles. The normalized spacial score (nSPS) is 10.5. The quantitative estimate of drug-likeness (QED) is 0.781. The Morgan fingerprint density at radius 3 is 2.65 bits per heavy atom. The zero-order valence-electron chi connectivity index (χ0n) is 12.9. The van der Waals surface area contributed by atoms with Gasteiger partial charge in [0.05, 0.1) is 5.69 Å². The maximum Gasteiger partial charge on any atom is 0.170 e. The zero-order valence-corrected chi connectivity index (χ0v) is 13.7. The van der Waals surface area contributed by atoms with E-state index >= 15 is 0 Å². The fourth-order valence-electron chi connectivity index (χ4n) is 2.05. The van der Waals surface area contributed by atoms with Crippen molar-refractivity contribution in [1.82, 2.24) is 15.0 Å². The minimum absolute atomic E-state index is 0.345. The molecule has 0 amide bonds. The number of aryl methyl sites for hydroxylation is 2. The van der Waals surface area contributed by atoms with Gasteiger partial charge >= 0.3 is 0 Å². The summed E-state index contributed by atoms with van der Waals surface area (Å²) in [6.45, 7) is 3.87. The summed E-state index contributed by atoms with van der Waals surface area (Å²) < 4.78 is 5.97. The van der Waals surface area contributed by atoms with Crippen LogP contribution >= 0.6 is 11.8 Å². The first-order chi connectivity index (χ1) is 11.1. The summed E-state index contributed by atoms with van der Waals surface area (Å²) >= 11 is 1.50. The van der Waals surface area contributed by atoms with Gasteiger partial charge < -0.3 is 10.5 Å². The molecule has 0 fully saturated rings. The lowest BCUT2D eigenvalue weighted by atomic mass is 10.2. The third kappa shape index (κ3) is 3.60. The molecule has 3 aromatic heterocycles. The molecule has 0 saturated heterocycles. The maximum absolute atomic E-state index is 5.97. The second-order valence-corrected chi connectivity index (χ2v) is 6.06. The Morgan fingerprint density at radius 2 is 1.91 bits per heavy atom. The maximum atomic E-state index is 5.97. The Balaban J connectivity index is 1.89. The second kappa shape index (κ2) is 6.66. The molecule has 0 bridgehead atoms. The summed E-state index contributed by atoms with van der Waals surface area (Å²) in [5.41, 5.74) is 7.76. The van der Waals surface area contributed by atoms with E-state index in [2.05, 4.69) is 15.0 Å². The van der Waals surface area contributed by atoms with Crippen LogP contribution in [0.3, 0.4) is 0 Å². The van der Waals surface area contributed by atoms with Gasteiger partial charge in [0, 0.05) is 29.6 Å². The van der Waals surface area contributed by atoms with Crippen LogP contribution in [0.5, 0.6) is 11.5 Å². The predicted molar refractivity (Wildman–Crippen MR) is 90.8 cm³/mol. The number of pyridine rings is 3. The third-order valence-corrected chi connectivity index (χ3v) is 4.12. The van der Waals surface area contributed by atoms with Gasteiger partial charge in [-0.15, -0.1) is 0 Å². The minimum atomic E-state index is 0.345. The van der Waals surface area contributed by atoms with Crippen LogP contribution in [-0.2, 0) is 0 Å². The third-order valence-electron chi connectivity index (χ3n) is 3.21. The van der Waals surface area contributed by atoms with Crippen LogP contribution in [-0.4, -0.2) is 15.0 Å². The first-order valence-corrected chi connectivity index (χ1v) is 7.89. The lowest BCUT2D eigenvalue weighted by molar-refractivity contribution is 0.471. The molecule has 0 aliphatic heterocycles. The van der Waals surface area contributed by atoms with Crippen molar-refractivity contribution in [2.24, 2.45) is 0 Å². The summed E-state index contributed by atoms with van der Waals surface area (Å²) in [7, 11) is 0. The van der Waals surface area contributed by atoms with Gasteiger partial charge in [0.15, 0.2) is 17.3 Å². The summed E-state index contributed by atoms with van der Waals surface area (Å²) in [6.07, 6.45) is 5.23. The average molecular weight is 324 g/mol. The van der Waals surface area contributed by atoms with E-state index in [9.17, 15) is 0 Å². The molecule has 3 rings (SSSR count). The van der Waals surface area contributed by atoms with Crippen molar-refractivity contribution >= 4 is 17.6 Å². The number of nitrogens with zero attached hydrogens (tertiary/aromatic N) is 3. The number of nitrogen functional groups attached to an aromatic ring is 1. The fourth-order valence-corrected chi connectivity index (χ4v) is 2.82. The van der Waals surface area contributed by atoms with Gasteiger partial charge in [-0.05, 0) is 37.6 Å². The molecule has 0 aliphatic rings. The Hall–Kier alpha value is -2.60.